The molecular formula is C14H19N. The Morgan fingerprint density at radius 2 is 2.13 bits per heavy atom. The Morgan fingerprint density at radius 3 is 2.67 bits per heavy atom. The molecule has 0 saturated carbocycles. The highest BCUT2D eigenvalue weighted by Crippen LogP contribution is 2.35. The van der Waals surface area contributed by atoms with Gasteiger partial charge in [-0.15, -0.1) is 6.58 Å². The Kier molecular flexibility index (Phi) is 2.92. The quantitative estimate of drug-likeness (QED) is 0.741. The highest BCUT2D eigenvalue weighted by atomic mass is 15.0. The van der Waals surface area contributed by atoms with E-state index in [1.165, 1.54) is 18.4 Å². The molecule has 1 nitrogen and oxygen atoms in total. The lowest BCUT2D eigenvalue weighted by molar-refractivity contribution is 0.375. The molecule has 0 radical (unpaired) electrons. The molecule has 0 aromatic heterocycles. The van der Waals surface area contributed by atoms with E-state index in [1.807, 2.05) is 0 Å². The third-order valence-electron chi connectivity index (χ3n) is 3.48. The van der Waals surface area contributed by atoms with Crippen molar-refractivity contribution < 1.29 is 0 Å². The minimum Gasteiger partial charge on any atom is -0.311 e. The molecule has 0 spiro atoms. The van der Waals surface area contributed by atoms with Crippen molar-refractivity contribution in [2.24, 2.45) is 0 Å². The van der Waals surface area contributed by atoms with Crippen molar-refractivity contribution >= 4 is 0 Å². The van der Waals surface area contributed by atoms with Crippen molar-refractivity contribution in [2.45, 2.75) is 31.2 Å². The van der Waals surface area contributed by atoms with Crippen LogP contribution in [-0.2, 0) is 0 Å². The van der Waals surface area contributed by atoms with Gasteiger partial charge >= 0.3 is 0 Å². The number of hydrogen-bond acceptors (Lipinski definition) is 1. The van der Waals surface area contributed by atoms with Crippen molar-refractivity contribution in [3.63, 3.8) is 0 Å². The Bertz CT molecular complexity index is 322. The van der Waals surface area contributed by atoms with Gasteiger partial charge in [-0.3, -0.25) is 0 Å². The zero-order valence-corrected chi connectivity index (χ0v) is 9.37. The van der Waals surface area contributed by atoms with E-state index in [2.05, 4.69) is 55.2 Å². The maximum absolute atomic E-state index is 3.99. The minimum atomic E-state index is 0.198. The second-order valence-corrected chi connectivity index (χ2v) is 4.57. The van der Waals surface area contributed by atoms with Gasteiger partial charge in [-0.1, -0.05) is 36.4 Å². The van der Waals surface area contributed by atoms with Crippen LogP contribution in [0.2, 0.25) is 0 Å². The lowest BCUT2D eigenvalue weighted by Gasteiger charge is -2.32. The van der Waals surface area contributed by atoms with Crippen molar-refractivity contribution in [1.82, 2.24) is 5.32 Å². The van der Waals surface area contributed by atoms with E-state index in [0.29, 0.717) is 5.92 Å². The fraction of sp³-hybridized carbons (Fsp3) is 0.429. The fourth-order valence-corrected chi connectivity index (χ4v) is 2.61. The molecule has 0 aliphatic carbocycles. The van der Waals surface area contributed by atoms with Gasteiger partial charge in [-0.05, 0) is 31.9 Å². The molecule has 1 aliphatic heterocycles. The average Bonchev–Trinajstić information content (AvgIpc) is 2.68. The molecule has 1 N–H and O–H groups in total. The van der Waals surface area contributed by atoms with Crippen LogP contribution >= 0.6 is 0 Å². The summed E-state index contributed by atoms with van der Waals surface area (Å²) >= 11 is 0. The molecule has 2 rings (SSSR count). The van der Waals surface area contributed by atoms with Crippen LogP contribution in [0.25, 0.3) is 0 Å². The summed E-state index contributed by atoms with van der Waals surface area (Å²) in [6.07, 6.45) is 4.58. The van der Waals surface area contributed by atoms with Crippen LogP contribution in [-0.4, -0.2) is 12.1 Å². The lowest BCUT2D eigenvalue weighted by atomic mass is 9.80. The van der Waals surface area contributed by atoms with Crippen molar-refractivity contribution in [1.29, 1.82) is 0 Å². The summed E-state index contributed by atoms with van der Waals surface area (Å²) in [6, 6.07) is 10.7. The van der Waals surface area contributed by atoms with Crippen molar-refractivity contribution in [2.75, 3.05) is 6.54 Å². The molecular weight excluding hydrogens is 182 g/mol. The van der Waals surface area contributed by atoms with Gasteiger partial charge in [0.2, 0.25) is 0 Å². The highest BCUT2D eigenvalue weighted by molar-refractivity contribution is 5.28. The smallest absolute Gasteiger partial charge is 0.0256 e. The average molecular weight is 201 g/mol. The second-order valence-electron chi connectivity index (χ2n) is 4.57. The van der Waals surface area contributed by atoms with Gasteiger partial charge in [0.25, 0.3) is 0 Å². The predicted octanol–water partition coefficient (Wildman–Crippen LogP) is 3.10. The molecule has 1 heteroatoms. The van der Waals surface area contributed by atoms with Crippen LogP contribution in [0.5, 0.6) is 0 Å². The Hall–Kier alpha value is -1.08. The standard InChI is InChI=1S/C14H19N/c1-3-13(12-8-5-4-6-9-12)14(2)10-7-11-15-14/h3-6,8-9,13,15H,1,7,10-11H2,2H3. The third kappa shape index (κ3) is 1.98. The van der Waals surface area contributed by atoms with Crippen LogP contribution in [0.3, 0.4) is 0 Å². The first-order valence-corrected chi connectivity index (χ1v) is 5.69. The molecule has 2 atom stereocenters. The zero-order valence-electron chi connectivity index (χ0n) is 9.37. The Labute approximate surface area is 92.2 Å². The largest absolute Gasteiger partial charge is 0.311 e. The SMILES string of the molecule is C=CC(c1ccccc1)C1(C)CCCN1. The third-order valence-corrected chi connectivity index (χ3v) is 3.48. The normalized spacial score (nSPS) is 27.5. The van der Waals surface area contributed by atoms with E-state index in [-0.39, 0.29) is 5.54 Å². The molecule has 1 heterocycles. The molecule has 15 heavy (non-hydrogen) atoms. The number of nitrogens with one attached hydrogen (secondary N) is 1. The van der Waals surface area contributed by atoms with E-state index in [4.69, 9.17) is 0 Å². The highest BCUT2D eigenvalue weighted by Gasteiger charge is 2.35. The van der Waals surface area contributed by atoms with E-state index in [1.54, 1.807) is 0 Å². The molecule has 0 amide bonds. The maximum Gasteiger partial charge on any atom is 0.0256 e. The van der Waals surface area contributed by atoms with Crippen LogP contribution in [0.1, 0.15) is 31.2 Å². The van der Waals surface area contributed by atoms with Crippen molar-refractivity contribution in [3.8, 4) is 0 Å². The monoisotopic (exact) mass is 201 g/mol. The van der Waals surface area contributed by atoms with Gasteiger partial charge in [0.1, 0.15) is 0 Å². The molecule has 1 saturated heterocycles. The summed E-state index contributed by atoms with van der Waals surface area (Å²) in [7, 11) is 0. The number of benzene rings is 1. The van der Waals surface area contributed by atoms with E-state index >= 15 is 0 Å². The number of rotatable bonds is 3. The molecule has 80 valence electrons. The summed E-state index contributed by atoms with van der Waals surface area (Å²) in [5.74, 6) is 0.418. The molecule has 2 unspecified atom stereocenters. The van der Waals surface area contributed by atoms with Gasteiger partial charge in [-0.25, -0.2) is 0 Å². The summed E-state index contributed by atoms with van der Waals surface area (Å²) in [4.78, 5) is 0. The second kappa shape index (κ2) is 4.19. The minimum absolute atomic E-state index is 0.198. The topological polar surface area (TPSA) is 12.0 Å². The first kappa shape index (κ1) is 10.4. The van der Waals surface area contributed by atoms with Gasteiger partial charge in [0.15, 0.2) is 0 Å². The van der Waals surface area contributed by atoms with Crippen LogP contribution in [0, 0.1) is 0 Å². The van der Waals surface area contributed by atoms with Crippen LogP contribution in [0.15, 0.2) is 43.0 Å². The summed E-state index contributed by atoms with van der Waals surface area (Å²) in [5, 5.41) is 3.61. The first-order chi connectivity index (χ1) is 7.26. The summed E-state index contributed by atoms with van der Waals surface area (Å²) in [5.41, 5.74) is 1.56. The number of hydrogen-bond donors (Lipinski definition) is 1. The van der Waals surface area contributed by atoms with E-state index < -0.39 is 0 Å². The Balaban J connectivity index is 2.28. The van der Waals surface area contributed by atoms with E-state index in [0.717, 1.165) is 6.54 Å². The Morgan fingerprint density at radius 1 is 1.40 bits per heavy atom. The first-order valence-electron chi connectivity index (χ1n) is 5.69. The molecule has 1 aromatic rings. The molecule has 1 aliphatic rings. The molecule has 1 aromatic carbocycles. The van der Waals surface area contributed by atoms with E-state index in [9.17, 15) is 0 Å². The van der Waals surface area contributed by atoms with Gasteiger partial charge < -0.3 is 5.32 Å². The van der Waals surface area contributed by atoms with Gasteiger partial charge in [-0.2, -0.15) is 0 Å². The van der Waals surface area contributed by atoms with Gasteiger partial charge in [0, 0.05) is 11.5 Å². The van der Waals surface area contributed by atoms with Crippen LogP contribution < -0.4 is 5.32 Å². The molecule has 0 bridgehead atoms. The van der Waals surface area contributed by atoms with Gasteiger partial charge in [0.05, 0.1) is 0 Å². The zero-order chi connectivity index (χ0) is 10.7. The summed E-state index contributed by atoms with van der Waals surface area (Å²) in [6.45, 7) is 7.42. The van der Waals surface area contributed by atoms with Crippen molar-refractivity contribution in [3.05, 3.63) is 48.6 Å². The fourth-order valence-electron chi connectivity index (χ4n) is 2.61. The maximum atomic E-state index is 3.99. The van der Waals surface area contributed by atoms with Crippen LogP contribution in [0.4, 0.5) is 0 Å². The molecule has 1 fully saturated rings. The predicted molar refractivity (Wildman–Crippen MR) is 65.0 cm³/mol. The summed E-state index contributed by atoms with van der Waals surface area (Å²) < 4.78 is 0. The lowest BCUT2D eigenvalue weighted by Crippen LogP contribution is -2.41.